The molecule has 2 heteroatoms. The van der Waals surface area contributed by atoms with Gasteiger partial charge in [-0.25, -0.2) is 0 Å². The maximum atomic E-state index is 6.55. The van der Waals surface area contributed by atoms with Gasteiger partial charge in [0, 0.05) is 35.4 Å². The molecule has 0 saturated heterocycles. The molecule has 0 fully saturated rings. The number of para-hydroxylation sites is 1. The molecule has 0 spiro atoms. The monoisotopic (exact) mass is 411 g/mol. The predicted octanol–water partition coefficient (Wildman–Crippen LogP) is 7.68. The number of hydrogen-bond acceptors (Lipinski definition) is 1. The largest absolute Gasteiger partial charge is 0.454 e. The van der Waals surface area contributed by atoms with Gasteiger partial charge in [-0.05, 0) is 28.3 Å². The van der Waals surface area contributed by atoms with E-state index in [2.05, 4.69) is 96.6 Å². The van der Waals surface area contributed by atoms with E-state index in [0.717, 1.165) is 34.6 Å². The highest BCUT2D eigenvalue weighted by molar-refractivity contribution is 6.13. The minimum atomic E-state index is 0.899. The van der Waals surface area contributed by atoms with Crippen molar-refractivity contribution in [3.8, 4) is 11.5 Å². The van der Waals surface area contributed by atoms with Gasteiger partial charge < -0.3 is 9.30 Å². The van der Waals surface area contributed by atoms with Crippen molar-refractivity contribution in [2.75, 3.05) is 0 Å². The van der Waals surface area contributed by atoms with Crippen LogP contribution in [0.2, 0.25) is 0 Å². The standard InChI is InChI=1S/C30H21NO/c1-31-28-24(16-14-20-11-10-19-6-2-3-8-23(19)18-26(20)28)25-17-15-22-13-12-21-7-4-5-9-27(21)32-30(22)29(25)31/h2-17H,18H2,1H3. The summed E-state index contributed by atoms with van der Waals surface area (Å²) in [6, 6.07) is 25.9. The molecule has 0 atom stereocenters. The number of aromatic nitrogens is 1. The molecule has 0 amide bonds. The summed E-state index contributed by atoms with van der Waals surface area (Å²) in [5.41, 5.74) is 9.98. The van der Waals surface area contributed by atoms with E-state index < -0.39 is 0 Å². The highest BCUT2D eigenvalue weighted by Crippen LogP contribution is 2.44. The van der Waals surface area contributed by atoms with Crippen LogP contribution in [0.4, 0.5) is 0 Å². The van der Waals surface area contributed by atoms with Crippen LogP contribution in [0.3, 0.4) is 0 Å². The van der Waals surface area contributed by atoms with Gasteiger partial charge in [-0.2, -0.15) is 0 Å². The predicted molar refractivity (Wildman–Crippen MR) is 134 cm³/mol. The average Bonchev–Trinajstić information content (AvgIpc) is 2.97. The van der Waals surface area contributed by atoms with Crippen LogP contribution >= 0.6 is 0 Å². The Balaban J connectivity index is 1.54. The first kappa shape index (κ1) is 17.6. The minimum absolute atomic E-state index is 0.899. The lowest BCUT2D eigenvalue weighted by molar-refractivity contribution is 0.485. The number of nitrogens with zero attached hydrogens (tertiary/aromatic N) is 1. The summed E-state index contributed by atoms with van der Waals surface area (Å²) in [6.07, 6.45) is 9.73. The molecule has 5 aromatic rings. The van der Waals surface area contributed by atoms with E-state index in [-0.39, 0.29) is 0 Å². The van der Waals surface area contributed by atoms with Crippen LogP contribution in [-0.2, 0) is 13.5 Å². The summed E-state index contributed by atoms with van der Waals surface area (Å²) < 4.78 is 8.89. The quantitative estimate of drug-likeness (QED) is 0.250. The molecule has 2 heterocycles. The fourth-order valence-electron chi connectivity index (χ4n) is 5.31. The number of ether oxygens (including phenoxy) is 1. The van der Waals surface area contributed by atoms with Crippen molar-refractivity contribution in [1.29, 1.82) is 0 Å². The fourth-order valence-corrected chi connectivity index (χ4v) is 5.31. The Morgan fingerprint density at radius 3 is 2.19 bits per heavy atom. The second-order valence-corrected chi connectivity index (χ2v) is 8.65. The molecule has 1 aliphatic carbocycles. The summed E-state index contributed by atoms with van der Waals surface area (Å²) >= 11 is 0. The highest BCUT2D eigenvalue weighted by Gasteiger charge is 2.22. The van der Waals surface area contributed by atoms with Crippen LogP contribution < -0.4 is 4.74 Å². The Kier molecular flexibility index (Phi) is 3.57. The van der Waals surface area contributed by atoms with Gasteiger partial charge in [0.05, 0.1) is 11.0 Å². The van der Waals surface area contributed by atoms with E-state index in [0.29, 0.717) is 0 Å². The summed E-state index contributed by atoms with van der Waals surface area (Å²) in [5.74, 6) is 1.83. The Morgan fingerprint density at radius 1 is 0.625 bits per heavy atom. The first-order valence-electron chi connectivity index (χ1n) is 11.1. The zero-order valence-corrected chi connectivity index (χ0v) is 17.8. The highest BCUT2D eigenvalue weighted by atomic mass is 16.5. The Bertz CT molecular complexity index is 1510. The topological polar surface area (TPSA) is 14.2 Å². The summed E-state index contributed by atoms with van der Waals surface area (Å²) in [5, 5.41) is 2.51. The third-order valence-corrected chi connectivity index (χ3v) is 6.88. The Morgan fingerprint density at radius 2 is 1.28 bits per heavy atom. The lowest BCUT2D eigenvalue weighted by atomic mass is 9.97. The first-order valence-corrected chi connectivity index (χ1v) is 11.1. The van der Waals surface area contributed by atoms with Crippen LogP contribution in [-0.4, -0.2) is 4.57 Å². The molecular formula is C30H21NO. The number of benzene rings is 4. The second-order valence-electron chi connectivity index (χ2n) is 8.65. The van der Waals surface area contributed by atoms with Crippen molar-refractivity contribution in [2.24, 2.45) is 7.05 Å². The SMILES string of the molecule is Cn1c2c3c(ccc2c2ccc4c(c21)Oc1ccccc1C=C4)C=Cc1ccccc1C3. The Labute approximate surface area is 186 Å². The molecule has 1 aliphatic heterocycles. The van der Waals surface area contributed by atoms with E-state index in [1.807, 2.05) is 12.1 Å². The van der Waals surface area contributed by atoms with E-state index in [9.17, 15) is 0 Å². The first-order chi connectivity index (χ1) is 15.8. The van der Waals surface area contributed by atoms with Gasteiger partial charge in [0.25, 0.3) is 0 Å². The summed E-state index contributed by atoms with van der Waals surface area (Å²) in [7, 11) is 2.18. The van der Waals surface area contributed by atoms with Gasteiger partial charge in [-0.3, -0.25) is 0 Å². The molecule has 0 saturated carbocycles. The lowest BCUT2D eigenvalue weighted by Gasteiger charge is -2.13. The van der Waals surface area contributed by atoms with Gasteiger partial charge in [0.2, 0.25) is 0 Å². The van der Waals surface area contributed by atoms with Crippen molar-refractivity contribution < 1.29 is 4.74 Å². The van der Waals surface area contributed by atoms with Crippen LogP contribution in [0.5, 0.6) is 11.5 Å². The third-order valence-electron chi connectivity index (χ3n) is 6.88. The van der Waals surface area contributed by atoms with Gasteiger partial charge in [0.1, 0.15) is 5.75 Å². The molecule has 32 heavy (non-hydrogen) atoms. The maximum absolute atomic E-state index is 6.55. The van der Waals surface area contributed by atoms with Crippen LogP contribution in [0.25, 0.3) is 46.1 Å². The molecular weight excluding hydrogens is 390 g/mol. The van der Waals surface area contributed by atoms with E-state index >= 15 is 0 Å². The van der Waals surface area contributed by atoms with Crippen LogP contribution in [0.1, 0.15) is 33.4 Å². The molecule has 2 aliphatic rings. The molecule has 0 bridgehead atoms. The van der Waals surface area contributed by atoms with Gasteiger partial charge in [0.15, 0.2) is 5.75 Å². The molecule has 0 unspecified atom stereocenters. The fraction of sp³-hybridized carbons (Fsp3) is 0.0667. The summed E-state index contributed by atoms with van der Waals surface area (Å²) in [6.45, 7) is 0. The molecule has 4 aromatic carbocycles. The number of aryl methyl sites for hydroxylation is 1. The van der Waals surface area contributed by atoms with Crippen molar-refractivity contribution in [3.63, 3.8) is 0 Å². The van der Waals surface area contributed by atoms with E-state index in [4.69, 9.17) is 4.74 Å². The van der Waals surface area contributed by atoms with E-state index in [1.165, 1.54) is 38.5 Å². The zero-order valence-electron chi connectivity index (χ0n) is 17.8. The number of hydrogen-bond donors (Lipinski definition) is 0. The Hall–Kier alpha value is -4.04. The molecule has 152 valence electrons. The zero-order chi connectivity index (χ0) is 21.2. The third kappa shape index (κ3) is 2.41. The number of rotatable bonds is 0. The lowest BCUT2D eigenvalue weighted by Crippen LogP contribution is -1.98. The smallest absolute Gasteiger partial charge is 0.158 e. The second kappa shape index (κ2) is 6.48. The molecule has 0 N–H and O–H groups in total. The van der Waals surface area contributed by atoms with Gasteiger partial charge >= 0.3 is 0 Å². The minimum Gasteiger partial charge on any atom is -0.454 e. The molecule has 0 radical (unpaired) electrons. The normalized spacial score (nSPS) is 13.7. The van der Waals surface area contributed by atoms with Crippen LogP contribution in [0.15, 0.2) is 72.8 Å². The molecule has 1 aromatic heterocycles. The number of fused-ring (bicyclic) bond motifs is 9. The van der Waals surface area contributed by atoms with Gasteiger partial charge in [-0.15, -0.1) is 0 Å². The summed E-state index contributed by atoms with van der Waals surface area (Å²) in [4.78, 5) is 0. The maximum Gasteiger partial charge on any atom is 0.158 e. The van der Waals surface area contributed by atoms with Gasteiger partial charge in [-0.1, -0.05) is 91.0 Å². The van der Waals surface area contributed by atoms with Crippen molar-refractivity contribution >= 4 is 46.1 Å². The van der Waals surface area contributed by atoms with Crippen molar-refractivity contribution in [3.05, 3.63) is 106 Å². The average molecular weight is 412 g/mol. The van der Waals surface area contributed by atoms with E-state index in [1.54, 1.807) is 0 Å². The molecule has 7 rings (SSSR count). The van der Waals surface area contributed by atoms with Crippen molar-refractivity contribution in [2.45, 2.75) is 6.42 Å². The molecule has 2 nitrogen and oxygen atoms in total. The van der Waals surface area contributed by atoms with Crippen LogP contribution in [0, 0.1) is 0 Å². The van der Waals surface area contributed by atoms with Crippen molar-refractivity contribution in [1.82, 2.24) is 4.57 Å².